The summed E-state index contributed by atoms with van der Waals surface area (Å²) in [5, 5.41) is 0. The van der Waals surface area contributed by atoms with Gasteiger partial charge in [0.15, 0.2) is 16.6 Å². The molecule has 4 aliphatic rings. The number of carbonyl (C=O) groups is 1. The number of carbonyl (C=O) groups excluding carboxylic acids is 1. The lowest BCUT2D eigenvalue weighted by atomic mass is 9.44. The van der Waals surface area contributed by atoms with Crippen molar-refractivity contribution < 1.29 is 13.6 Å². The number of hydrogen-bond acceptors (Lipinski definition) is 3. The first-order valence-corrected chi connectivity index (χ1v) is 19.4. The fraction of sp³-hybridized carbons (Fsp3) is 0.960. The lowest BCUT2D eigenvalue weighted by Gasteiger charge is -2.62. The molecular formula is C25H46O3Si2. The van der Waals surface area contributed by atoms with Crippen LogP contribution in [0.4, 0.5) is 0 Å². The van der Waals surface area contributed by atoms with Gasteiger partial charge in [0.1, 0.15) is 5.78 Å². The largest absolute Gasteiger partial charge is 0.414 e. The molecule has 0 heterocycles. The molecule has 8 unspecified atom stereocenters. The van der Waals surface area contributed by atoms with E-state index >= 15 is 0 Å². The molecule has 0 aliphatic heterocycles. The summed E-state index contributed by atoms with van der Waals surface area (Å²) < 4.78 is 13.8. The Labute approximate surface area is 187 Å². The van der Waals surface area contributed by atoms with Crippen molar-refractivity contribution in [3.05, 3.63) is 0 Å². The van der Waals surface area contributed by atoms with E-state index in [1.165, 1.54) is 25.7 Å². The van der Waals surface area contributed by atoms with Crippen molar-refractivity contribution in [3.8, 4) is 0 Å². The van der Waals surface area contributed by atoms with Crippen LogP contribution in [0, 0.1) is 34.5 Å². The van der Waals surface area contributed by atoms with Gasteiger partial charge in [-0.05, 0) is 112 Å². The predicted molar refractivity (Wildman–Crippen MR) is 129 cm³/mol. The summed E-state index contributed by atoms with van der Waals surface area (Å²) in [5.41, 5.74) is 0.632. The zero-order valence-corrected chi connectivity index (χ0v) is 22.8. The Hall–Kier alpha value is 0.0238. The van der Waals surface area contributed by atoms with Gasteiger partial charge in [-0.1, -0.05) is 13.8 Å². The number of ketones is 1. The van der Waals surface area contributed by atoms with Crippen LogP contribution in [0.5, 0.6) is 0 Å². The van der Waals surface area contributed by atoms with E-state index in [2.05, 4.69) is 53.1 Å². The van der Waals surface area contributed by atoms with Crippen LogP contribution in [0.15, 0.2) is 0 Å². The molecule has 30 heavy (non-hydrogen) atoms. The Balaban J connectivity index is 1.68. The summed E-state index contributed by atoms with van der Waals surface area (Å²) >= 11 is 0. The van der Waals surface area contributed by atoms with Crippen molar-refractivity contribution in [1.82, 2.24) is 0 Å². The second kappa shape index (κ2) is 7.53. The van der Waals surface area contributed by atoms with E-state index < -0.39 is 16.6 Å². The highest BCUT2D eigenvalue weighted by molar-refractivity contribution is 6.70. The molecule has 172 valence electrons. The van der Waals surface area contributed by atoms with Gasteiger partial charge in [-0.15, -0.1) is 0 Å². The minimum atomic E-state index is -1.65. The van der Waals surface area contributed by atoms with Crippen LogP contribution in [-0.4, -0.2) is 34.6 Å². The van der Waals surface area contributed by atoms with Gasteiger partial charge in [0, 0.05) is 18.9 Å². The van der Waals surface area contributed by atoms with Crippen molar-refractivity contribution in [2.24, 2.45) is 34.5 Å². The van der Waals surface area contributed by atoms with Gasteiger partial charge >= 0.3 is 0 Å². The summed E-state index contributed by atoms with van der Waals surface area (Å²) in [4.78, 5) is 12.4. The molecule has 0 spiro atoms. The summed E-state index contributed by atoms with van der Waals surface area (Å²) in [6.45, 7) is 19.2. The Morgan fingerprint density at radius 2 is 1.47 bits per heavy atom. The quantitative estimate of drug-likeness (QED) is 0.450. The fourth-order valence-corrected chi connectivity index (χ4v) is 10.5. The first kappa shape index (κ1) is 23.2. The Bertz CT molecular complexity index is 681. The number of fused-ring (bicyclic) bond motifs is 5. The molecule has 0 amide bonds. The van der Waals surface area contributed by atoms with Crippen LogP contribution < -0.4 is 0 Å². The maximum atomic E-state index is 12.4. The zero-order valence-electron chi connectivity index (χ0n) is 20.8. The van der Waals surface area contributed by atoms with Crippen molar-refractivity contribution in [3.63, 3.8) is 0 Å². The lowest BCUT2D eigenvalue weighted by molar-refractivity contribution is -0.166. The monoisotopic (exact) mass is 450 g/mol. The molecule has 4 saturated carbocycles. The number of Topliss-reactive ketones (excluding diaryl/α,β-unsaturated/α-hetero) is 1. The Morgan fingerprint density at radius 3 is 2.10 bits per heavy atom. The first-order chi connectivity index (χ1) is 13.7. The molecule has 0 aromatic carbocycles. The summed E-state index contributed by atoms with van der Waals surface area (Å²) in [6, 6.07) is 0. The maximum Gasteiger partial charge on any atom is 0.184 e. The van der Waals surface area contributed by atoms with E-state index in [1.807, 2.05) is 0 Å². The van der Waals surface area contributed by atoms with Crippen LogP contribution in [0.25, 0.3) is 0 Å². The van der Waals surface area contributed by atoms with Gasteiger partial charge in [0.05, 0.1) is 6.10 Å². The normalized spacial score (nSPS) is 46.9. The smallest absolute Gasteiger partial charge is 0.184 e. The van der Waals surface area contributed by atoms with Gasteiger partial charge in [-0.3, -0.25) is 4.79 Å². The predicted octanol–water partition coefficient (Wildman–Crippen LogP) is 6.65. The third-order valence-corrected chi connectivity index (χ3v) is 11.4. The average Bonchev–Trinajstić information content (AvgIpc) is 2.90. The third-order valence-electron chi connectivity index (χ3n) is 9.39. The molecule has 5 heteroatoms. The second-order valence-corrected chi connectivity index (χ2v) is 22.5. The van der Waals surface area contributed by atoms with Gasteiger partial charge < -0.3 is 8.85 Å². The van der Waals surface area contributed by atoms with E-state index in [0.717, 1.165) is 31.6 Å². The van der Waals surface area contributed by atoms with Crippen molar-refractivity contribution in [2.45, 2.75) is 117 Å². The van der Waals surface area contributed by atoms with Gasteiger partial charge in [0.25, 0.3) is 0 Å². The molecule has 4 rings (SSSR count). The van der Waals surface area contributed by atoms with Crippen LogP contribution >= 0.6 is 0 Å². The van der Waals surface area contributed by atoms with Gasteiger partial charge in [0.2, 0.25) is 0 Å². The minimum absolute atomic E-state index is 0.302. The van der Waals surface area contributed by atoms with Crippen molar-refractivity contribution in [2.75, 3.05) is 0 Å². The van der Waals surface area contributed by atoms with E-state index in [-0.39, 0.29) is 0 Å². The van der Waals surface area contributed by atoms with Crippen molar-refractivity contribution >= 4 is 22.4 Å². The molecular weight excluding hydrogens is 404 g/mol. The zero-order chi connectivity index (χ0) is 22.1. The van der Waals surface area contributed by atoms with Crippen LogP contribution in [-0.2, 0) is 13.6 Å². The maximum absolute atomic E-state index is 12.4. The highest BCUT2D eigenvalue weighted by Crippen LogP contribution is 2.67. The first-order valence-electron chi connectivity index (χ1n) is 12.6. The molecule has 0 N–H and O–H groups in total. The van der Waals surface area contributed by atoms with Gasteiger partial charge in [-0.2, -0.15) is 0 Å². The topological polar surface area (TPSA) is 35.5 Å². The fourth-order valence-electron chi connectivity index (χ4n) is 8.14. The van der Waals surface area contributed by atoms with E-state index in [1.54, 1.807) is 0 Å². The molecule has 8 atom stereocenters. The SMILES string of the molecule is CC12CCC(=O)CC1CC(O[Si](C)(C)C)C1C2CCC2(C)C(O[Si](C)(C)C)CCC12. The molecule has 3 nitrogen and oxygen atoms in total. The lowest BCUT2D eigenvalue weighted by Crippen LogP contribution is -2.60. The average molecular weight is 451 g/mol. The molecule has 0 aromatic heterocycles. The van der Waals surface area contributed by atoms with E-state index in [0.29, 0.717) is 46.6 Å². The molecule has 0 aromatic rings. The standard InChI is InChI=1S/C25H46O3Si2/c1-24-13-11-18(26)15-17(24)16-21(27-29(3,4)5)23-19-9-10-22(28-30(6,7)8)25(19,2)14-12-20(23)24/h17,19-23H,9-16H2,1-8H3. The van der Waals surface area contributed by atoms with E-state index in [4.69, 9.17) is 8.85 Å². The molecule has 0 bridgehead atoms. The second-order valence-electron chi connectivity index (χ2n) is 13.6. The summed E-state index contributed by atoms with van der Waals surface area (Å²) in [5.74, 6) is 3.11. The van der Waals surface area contributed by atoms with E-state index in [9.17, 15) is 4.79 Å². The number of hydrogen-bond donors (Lipinski definition) is 0. The van der Waals surface area contributed by atoms with Crippen LogP contribution in [0.2, 0.25) is 39.3 Å². The Morgan fingerprint density at radius 1 is 0.833 bits per heavy atom. The number of rotatable bonds is 4. The molecule has 0 saturated heterocycles. The summed E-state index contributed by atoms with van der Waals surface area (Å²) in [6.07, 6.45) is 9.73. The van der Waals surface area contributed by atoms with Crippen LogP contribution in [0.3, 0.4) is 0 Å². The Kier molecular flexibility index (Phi) is 5.82. The molecule has 0 radical (unpaired) electrons. The minimum Gasteiger partial charge on any atom is -0.414 e. The third kappa shape index (κ3) is 4.06. The highest BCUT2D eigenvalue weighted by Gasteiger charge is 2.63. The molecule has 4 aliphatic carbocycles. The van der Waals surface area contributed by atoms with Crippen molar-refractivity contribution in [1.29, 1.82) is 0 Å². The highest BCUT2D eigenvalue weighted by atomic mass is 28.4. The van der Waals surface area contributed by atoms with Gasteiger partial charge in [-0.25, -0.2) is 0 Å². The summed E-state index contributed by atoms with van der Waals surface area (Å²) in [7, 11) is -3.21. The molecule has 4 fully saturated rings. The van der Waals surface area contributed by atoms with Crippen LogP contribution in [0.1, 0.15) is 65.2 Å².